The third-order valence-corrected chi connectivity index (χ3v) is 6.60. The topological polar surface area (TPSA) is 145 Å². The van der Waals surface area contributed by atoms with E-state index in [0.717, 1.165) is 49.2 Å². The van der Waals surface area contributed by atoms with Gasteiger partial charge >= 0.3 is 16.8 Å². The van der Waals surface area contributed by atoms with Crippen LogP contribution in [0.25, 0.3) is 0 Å². The van der Waals surface area contributed by atoms with Crippen molar-refractivity contribution < 1.29 is 46.8 Å². The number of hydrogen-bond donors (Lipinski definition) is 2. The predicted molar refractivity (Wildman–Crippen MR) is 165 cm³/mol. The predicted octanol–water partition coefficient (Wildman–Crippen LogP) is 5.75. The van der Waals surface area contributed by atoms with Gasteiger partial charge in [0.05, 0.1) is 11.4 Å². The van der Waals surface area contributed by atoms with Gasteiger partial charge in [-0.2, -0.15) is 0 Å². The van der Waals surface area contributed by atoms with Crippen molar-refractivity contribution in [2.75, 3.05) is 0 Å². The Morgan fingerprint density at radius 1 is 0.744 bits per heavy atom. The third kappa shape index (κ3) is 13.7. The number of phenols is 2. The van der Waals surface area contributed by atoms with Crippen molar-refractivity contribution in [1.29, 1.82) is 0 Å². The molecule has 9 heteroatoms. The van der Waals surface area contributed by atoms with Crippen molar-refractivity contribution in [1.82, 2.24) is 0 Å². The van der Waals surface area contributed by atoms with Gasteiger partial charge in [0.25, 0.3) is 0 Å². The molecule has 0 heterocycles. The number of carbonyl (C=O) groups excluding carboxylic acids is 2. The summed E-state index contributed by atoms with van der Waals surface area (Å²) in [5.41, 5.74) is 7.03. The summed E-state index contributed by atoms with van der Waals surface area (Å²) in [6.07, 6.45) is 5.50. The van der Waals surface area contributed by atoms with Gasteiger partial charge < -0.3 is 30.0 Å². The summed E-state index contributed by atoms with van der Waals surface area (Å²) in [4.78, 5) is 27.0. The zero-order chi connectivity index (χ0) is 32.0. The standard InChI is InChI=1S/C30H36N2O2.2C2H4O2.Co/c1-7-19(3)23-12-21(5)29(33)25(14-23)17-31-27-10-9-11-28(16-27)32-18-26-15-24(20(4)8-2)13-22(6)30(26)34;2*1-2(3)4;/h9-20,33-34H,7-8H2,1-6H3;2*1H3,(H,3,4);/q;;;+2/p-2. The molecule has 0 aliphatic heterocycles. The quantitative estimate of drug-likeness (QED) is 0.302. The van der Waals surface area contributed by atoms with Crippen LogP contribution in [0.2, 0.25) is 0 Å². The Morgan fingerprint density at radius 3 is 1.37 bits per heavy atom. The molecular weight excluding hydrogens is 591 g/mol. The zero-order valence-corrected chi connectivity index (χ0v) is 27.1. The van der Waals surface area contributed by atoms with Gasteiger partial charge in [-0.25, -0.2) is 0 Å². The Kier molecular flexibility index (Phi) is 17.5. The van der Waals surface area contributed by atoms with E-state index in [1.54, 1.807) is 12.4 Å². The van der Waals surface area contributed by atoms with Crippen LogP contribution in [0.5, 0.6) is 11.5 Å². The van der Waals surface area contributed by atoms with E-state index >= 15 is 0 Å². The van der Waals surface area contributed by atoms with E-state index in [0.29, 0.717) is 23.0 Å². The van der Waals surface area contributed by atoms with E-state index in [-0.39, 0.29) is 28.3 Å². The van der Waals surface area contributed by atoms with Gasteiger partial charge in [-0.05, 0) is 105 Å². The minimum Gasteiger partial charge on any atom is -0.550 e. The first-order valence-electron chi connectivity index (χ1n) is 13.9. The van der Waals surface area contributed by atoms with Crippen molar-refractivity contribution in [2.45, 2.75) is 80.1 Å². The minimum atomic E-state index is -1.08. The van der Waals surface area contributed by atoms with Gasteiger partial charge in [0.1, 0.15) is 11.5 Å². The molecular formula is C34H42CoN2O6. The van der Waals surface area contributed by atoms with Gasteiger partial charge in [0.2, 0.25) is 0 Å². The molecule has 0 saturated carbocycles. The van der Waals surface area contributed by atoms with Crippen molar-refractivity contribution in [2.24, 2.45) is 9.98 Å². The SMILES string of the molecule is CC(=O)[O-].CC(=O)[O-].CCC(C)c1cc(C)c(O)c(C=Nc2cccc(N=Cc3cc(C(C)CC)cc(C)c3O)c2)c1.[Co+2]. The smallest absolute Gasteiger partial charge is 0.550 e. The normalized spacial score (nSPS) is 11.9. The fourth-order valence-corrected chi connectivity index (χ4v) is 3.85. The van der Waals surface area contributed by atoms with Crippen LogP contribution in [0.1, 0.15) is 99.6 Å². The second-order valence-electron chi connectivity index (χ2n) is 10.2. The van der Waals surface area contributed by atoms with Gasteiger partial charge in [-0.3, -0.25) is 9.98 Å². The fourth-order valence-electron chi connectivity index (χ4n) is 3.85. The first-order chi connectivity index (χ1) is 19.7. The van der Waals surface area contributed by atoms with Crippen molar-refractivity contribution in [3.8, 4) is 11.5 Å². The zero-order valence-electron chi connectivity index (χ0n) is 26.1. The van der Waals surface area contributed by atoms with Gasteiger partial charge in [-0.15, -0.1) is 0 Å². The minimum absolute atomic E-state index is 0. The van der Waals surface area contributed by atoms with E-state index in [1.807, 2.05) is 62.4 Å². The second kappa shape index (κ2) is 19.3. The molecule has 2 atom stereocenters. The molecule has 0 bridgehead atoms. The molecule has 0 aromatic heterocycles. The van der Waals surface area contributed by atoms with Gasteiger partial charge in [0, 0.05) is 35.5 Å². The molecule has 3 aromatic carbocycles. The van der Waals surface area contributed by atoms with Crippen LogP contribution >= 0.6 is 0 Å². The Bertz CT molecular complexity index is 1310. The average molecular weight is 634 g/mol. The number of aliphatic imine (C=N–C) groups is 2. The van der Waals surface area contributed by atoms with Crippen LogP contribution < -0.4 is 10.2 Å². The summed E-state index contributed by atoms with van der Waals surface area (Å²) < 4.78 is 0. The summed E-state index contributed by atoms with van der Waals surface area (Å²) in [5, 5.41) is 38.8. The number of carboxylic acids is 2. The van der Waals surface area contributed by atoms with E-state index in [1.165, 1.54) is 11.1 Å². The molecule has 3 aromatic rings. The number of aromatic hydroxyl groups is 2. The van der Waals surface area contributed by atoms with Crippen LogP contribution in [-0.4, -0.2) is 34.6 Å². The molecule has 2 unspecified atom stereocenters. The summed E-state index contributed by atoms with van der Waals surface area (Å²) in [7, 11) is 0. The largest absolute Gasteiger partial charge is 2.00 e. The Balaban J connectivity index is 0.00000174. The van der Waals surface area contributed by atoms with Crippen molar-refractivity contribution >= 4 is 35.7 Å². The number of aliphatic carboxylic acids is 2. The number of carbonyl (C=O) groups is 2. The van der Waals surface area contributed by atoms with E-state index in [2.05, 4.69) is 37.7 Å². The maximum absolute atomic E-state index is 10.5. The number of hydrogen-bond acceptors (Lipinski definition) is 8. The molecule has 233 valence electrons. The van der Waals surface area contributed by atoms with Crippen LogP contribution in [-0.2, 0) is 26.4 Å². The van der Waals surface area contributed by atoms with Crippen molar-refractivity contribution in [3.05, 3.63) is 81.9 Å². The monoisotopic (exact) mass is 633 g/mol. The number of carboxylic acid groups (broad SMARTS) is 2. The number of rotatable bonds is 8. The summed E-state index contributed by atoms with van der Waals surface area (Å²) in [5.74, 6) is -0.806. The molecule has 0 saturated heterocycles. The van der Waals surface area contributed by atoms with Gasteiger partial charge in [-0.1, -0.05) is 45.9 Å². The Labute approximate surface area is 265 Å². The molecule has 0 fully saturated rings. The first kappa shape index (κ1) is 39.0. The number of nitrogens with zero attached hydrogens (tertiary/aromatic N) is 2. The Hall–Kier alpha value is -3.95. The van der Waals surface area contributed by atoms with E-state index in [9.17, 15) is 10.2 Å². The summed E-state index contributed by atoms with van der Waals surface area (Å²) in [6.45, 7) is 14.5. The molecule has 0 spiro atoms. The molecule has 3 rings (SSSR count). The second-order valence-corrected chi connectivity index (χ2v) is 10.2. The average Bonchev–Trinajstić information content (AvgIpc) is 2.93. The molecule has 2 N–H and O–H groups in total. The molecule has 43 heavy (non-hydrogen) atoms. The van der Waals surface area contributed by atoms with Crippen LogP contribution in [0.4, 0.5) is 11.4 Å². The Morgan fingerprint density at radius 2 is 1.07 bits per heavy atom. The molecule has 0 aliphatic rings. The van der Waals surface area contributed by atoms with Crippen LogP contribution in [0, 0.1) is 13.8 Å². The molecule has 1 radical (unpaired) electrons. The van der Waals surface area contributed by atoms with Gasteiger partial charge in [0.15, 0.2) is 0 Å². The summed E-state index contributed by atoms with van der Waals surface area (Å²) in [6, 6.07) is 15.7. The molecule has 8 nitrogen and oxygen atoms in total. The molecule has 0 amide bonds. The molecule has 0 aliphatic carbocycles. The number of phenolic OH excluding ortho intramolecular Hbond substituents is 2. The van der Waals surface area contributed by atoms with Crippen LogP contribution in [0.15, 0.2) is 58.5 Å². The third-order valence-electron chi connectivity index (χ3n) is 6.60. The fraction of sp³-hybridized carbons (Fsp3) is 0.353. The van der Waals surface area contributed by atoms with Crippen LogP contribution in [0.3, 0.4) is 0 Å². The number of benzene rings is 3. The first-order valence-corrected chi connectivity index (χ1v) is 13.9. The maximum Gasteiger partial charge on any atom is 2.00 e. The van der Waals surface area contributed by atoms with E-state index in [4.69, 9.17) is 19.8 Å². The van der Waals surface area contributed by atoms with E-state index < -0.39 is 11.9 Å². The van der Waals surface area contributed by atoms with Crippen molar-refractivity contribution in [3.63, 3.8) is 0 Å². The number of aryl methyl sites for hydroxylation is 2. The maximum atomic E-state index is 10.5. The summed E-state index contributed by atoms with van der Waals surface area (Å²) >= 11 is 0.